The van der Waals surface area contributed by atoms with Crippen molar-refractivity contribution in [3.8, 4) is 0 Å². The number of halogens is 2. The fourth-order valence-corrected chi connectivity index (χ4v) is 3.37. The van der Waals surface area contributed by atoms with E-state index in [1.54, 1.807) is 32.0 Å². The van der Waals surface area contributed by atoms with Gasteiger partial charge in [0.1, 0.15) is 0 Å². The first-order chi connectivity index (χ1) is 9.62. The van der Waals surface area contributed by atoms with Crippen LogP contribution in [-0.4, -0.2) is 37.5 Å². The normalized spacial score (nSPS) is 12.0. The highest BCUT2D eigenvalue weighted by molar-refractivity contribution is 7.88. The Labute approximate surface area is 135 Å². The van der Waals surface area contributed by atoms with Crippen molar-refractivity contribution in [2.45, 2.75) is 26.3 Å². The van der Waals surface area contributed by atoms with Crippen molar-refractivity contribution >= 4 is 44.8 Å². The van der Waals surface area contributed by atoms with E-state index in [0.717, 1.165) is 6.26 Å². The number of carbonyl (C=O) groups excluding carboxylic acids is 1. The number of sulfonamides is 1. The molecule has 0 aliphatic carbocycles. The lowest BCUT2D eigenvalue weighted by Gasteiger charge is -2.23. The number of nitrogens with one attached hydrogen (secondary N) is 1. The molecule has 1 rings (SSSR count). The molecule has 0 aliphatic rings. The highest BCUT2D eigenvalue weighted by Gasteiger charge is 2.21. The van der Waals surface area contributed by atoms with Gasteiger partial charge in [-0.1, -0.05) is 29.3 Å². The zero-order valence-electron chi connectivity index (χ0n) is 12.1. The number of amides is 1. The molecule has 0 saturated heterocycles. The van der Waals surface area contributed by atoms with E-state index >= 15 is 0 Å². The van der Waals surface area contributed by atoms with Crippen LogP contribution in [0.4, 0.5) is 5.69 Å². The number of hydrogen-bond donors (Lipinski definition) is 1. The van der Waals surface area contributed by atoms with Gasteiger partial charge in [0.15, 0.2) is 0 Å². The number of carbonyl (C=O) groups is 1. The van der Waals surface area contributed by atoms with E-state index in [9.17, 15) is 13.2 Å². The largest absolute Gasteiger partial charge is 0.325 e. The summed E-state index contributed by atoms with van der Waals surface area (Å²) in [6.45, 7) is 3.63. The molecule has 0 spiro atoms. The van der Waals surface area contributed by atoms with Gasteiger partial charge in [-0.2, -0.15) is 4.31 Å². The lowest BCUT2D eigenvalue weighted by atomic mass is 10.3. The van der Waals surface area contributed by atoms with Gasteiger partial charge in [0.25, 0.3) is 0 Å². The molecule has 0 aliphatic heterocycles. The predicted octanol–water partition coefficient (Wildman–Crippen LogP) is 2.99. The molecule has 0 heterocycles. The Morgan fingerprint density at radius 3 is 2.48 bits per heavy atom. The monoisotopic (exact) mass is 352 g/mol. The van der Waals surface area contributed by atoms with Gasteiger partial charge in [0.05, 0.1) is 22.0 Å². The van der Waals surface area contributed by atoms with Crippen LogP contribution < -0.4 is 5.32 Å². The summed E-state index contributed by atoms with van der Waals surface area (Å²) in [7, 11) is -3.34. The van der Waals surface area contributed by atoms with Gasteiger partial charge in [0.2, 0.25) is 15.9 Å². The van der Waals surface area contributed by atoms with Crippen LogP contribution in [-0.2, 0) is 14.8 Å². The standard InChI is InChI=1S/C13H18Cl2N2O3S/c1-9(2)17(21(3,19)20)8-7-12(18)16-11-6-4-5-10(14)13(11)15/h4-6,9H,7-8H2,1-3H3,(H,16,18). The Morgan fingerprint density at radius 2 is 1.95 bits per heavy atom. The lowest BCUT2D eigenvalue weighted by molar-refractivity contribution is -0.116. The molecule has 1 aromatic carbocycles. The zero-order chi connectivity index (χ0) is 16.2. The van der Waals surface area contributed by atoms with Crippen LogP contribution in [0, 0.1) is 0 Å². The second-order valence-corrected chi connectivity index (χ2v) is 7.59. The summed E-state index contributed by atoms with van der Waals surface area (Å²) in [6, 6.07) is 4.70. The number of nitrogens with zero attached hydrogens (tertiary/aromatic N) is 1. The minimum atomic E-state index is -3.34. The van der Waals surface area contributed by atoms with Gasteiger partial charge in [-0.05, 0) is 26.0 Å². The lowest BCUT2D eigenvalue weighted by Crippen LogP contribution is -2.38. The highest BCUT2D eigenvalue weighted by atomic mass is 35.5. The summed E-state index contributed by atoms with van der Waals surface area (Å²) in [5, 5.41) is 3.22. The molecular formula is C13H18Cl2N2O3S. The number of anilines is 1. The molecule has 5 nitrogen and oxygen atoms in total. The maximum Gasteiger partial charge on any atom is 0.225 e. The van der Waals surface area contributed by atoms with Crippen molar-refractivity contribution in [1.29, 1.82) is 0 Å². The van der Waals surface area contributed by atoms with Crippen molar-refractivity contribution in [2.24, 2.45) is 0 Å². The Morgan fingerprint density at radius 1 is 1.33 bits per heavy atom. The van der Waals surface area contributed by atoms with Crippen molar-refractivity contribution < 1.29 is 13.2 Å². The van der Waals surface area contributed by atoms with Gasteiger partial charge >= 0.3 is 0 Å². The second kappa shape index (κ2) is 7.45. The van der Waals surface area contributed by atoms with E-state index < -0.39 is 10.0 Å². The molecule has 0 radical (unpaired) electrons. The van der Waals surface area contributed by atoms with E-state index in [1.165, 1.54) is 4.31 Å². The molecule has 118 valence electrons. The molecule has 0 unspecified atom stereocenters. The number of rotatable bonds is 6. The summed E-state index contributed by atoms with van der Waals surface area (Å²) in [5.74, 6) is -0.325. The first-order valence-corrected chi connectivity index (χ1v) is 8.94. The molecule has 1 N–H and O–H groups in total. The molecule has 0 saturated carbocycles. The Kier molecular flexibility index (Phi) is 6.46. The van der Waals surface area contributed by atoms with Crippen molar-refractivity contribution in [3.63, 3.8) is 0 Å². The van der Waals surface area contributed by atoms with Gasteiger partial charge in [0, 0.05) is 19.0 Å². The highest BCUT2D eigenvalue weighted by Crippen LogP contribution is 2.29. The zero-order valence-corrected chi connectivity index (χ0v) is 14.4. The Bertz CT molecular complexity index is 618. The SMILES string of the molecule is CC(C)N(CCC(=O)Nc1cccc(Cl)c1Cl)S(C)(=O)=O. The summed E-state index contributed by atoms with van der Waals surface area (Å²) in [5.41, 5.74) is 0.407. The van der Waals surface area contributed by atoms with Crippen molar-refractivity contribution in [2.75, 3.05) is 18.1 Å². The van der Waals surface area contributed by atoms with Gasteiger partial charge in [-0.15, -0.1) is 0 Å². The number of benzene rings is 1. The maximum atomic E-state index is 11.9. The molecule has 0 bridgehead atoms. The van der Waals surface area contributed by atoms with Crippen LogP contribution in [0.5, 0.6) is 0 Å². The molecule has 0 fully saturated rings. The van der Waals surface area contributed by atoms with E-state index in [-0.39, 0.29) is 29.9 Å². The fraction of sp³-hybridized carbons (Fsp3) is 0.462. The summed E-state index contributed by atoms with van der Waals surface area (Å²) in [4.78, 5) is 11.9. The Hall–Kier alpha value is -0.820. The minimum absolute atomic E-state index is 0.0358. The van der Waals surface area contributed by atoms with Crippen LogP contribution in [0.1, 0.15) is 20.3 Å². The first kappa shape index (κ1) is 18.2. The van der Waals surface area contributed by atoms with Crippen LogP contribution in [0.25, 0.3) is 0 Å². The second-order valence-electron chi connectivity index (χ2n) is 4.87. The van der Waals surface area contributed by atoms with E-state index in [2.05, 4.69) is 5.32 Å². The Balaban J connectivity index is 2.68. The summed E-state index contributed by atoms with van der Waals surface area (Å²) in [6.07, 6.45) is 1.16. The third-order valence-electron chi connectivity index (χ3n) is 2.79. The van der Waals surface area contributed by atoms with Crippen LogP contribution in [0.3, 0.4) is 0 Å². The maximum absolute atomic E-state index is 11.9. The van der Waals surface area contributed by atoms with Gasteiger partial charge in [-0.3, -0.25) is 4.79 Å². The fourth-order valence-electron chi connectivity index (χ4n) is 1.83. The summed E-state index contributed by atoms with van der Waals surface area (Å²) < 4.78 is 24.5. The number of hydrogen-bond acceptors (Lipinski definition) is 3. The minimum Gasteiger partial charge on any atom is -0.325 e. The van der Waals surface area contributed by atoms with Crippen molar-refractivity contribution in [1.82, 2.24) is 4.31 Å². The van der Waals surface area contributed by atoms with Gasteiger partial charge in [-0.25, -0.2) is 8.42 Å². The smallest absolute Gasteiger partial charge is 0.225 e. The van der Waals surface area contributed by atoms with Crippen molar-refractivity contribution in [3.05, 3.63) is 28.2 Å². The molecule has 8 heteroatoms. The van der Waals surface area contributed by atoms with Crippen LogP contribution >= 0.6 is 23.2 Å². The first-order valence-electron chi connectivity index (χ1n) is 6.33. The summed E-state index contributed by atoms with van der Waals surface area (Å²) >= 11 is 11.8. The molecular weight excluding hydrogens is 335 g/mol. The third kappa shape index (κ3) is 5.47. The molecule has 0 aromatic heterocycles. The quantitative estimate of drug-likeness (QED) is 0.855. The van der Waals surface area contributed by atoms with Gasteiger partial charge < -0.3 is 5.32 Å². The molecule has 21 heavy (non-hydrogen) atoms. The molecule has 0 atom stereocenters. The van der Waals surface area contributed by atoms with Crippen LogP contribution in [0.2, 0.25) is 10.0 Å². The third-order valence-corrected chi connectivity index (χ3v) is 5.06. The predicted molar refractivity (Wildman–Crippen MR) is 86.4 cm³/mol. The van der Waals surface area contributed by atoms with E-state index in [0.29, 0.717) is 10.7 Å². The average molecular weight is 353 g/mol. The van der Waals surface area contributed by atoms with Crippen LogP contribution in [0.15, 0.2) is 18.2 Å². The van der Waals surface area contributed by atoms with E-state index in [4.69, 9.17) is 23.2 Å². The van der Waals surface area contributed by atoms with E-state index in [1.807, 2.05) is 0 Å². The molecule has 1 aromatic rings. The topological polar surface area (TPSA) is 66.5 Å². The molecule has 1 amide bonds. The average Bonchev–Trinajstić information content (AvgIpc) is 2.33.